The maximum atomic E-state index is 12.8. The lowest BCUT2D eigenvalue weighted by Crippen LogP contribution is -2.40. The van der Waals surface area contributed by atoms with Crippen LogP contribution in [0.15, 0.2) is 24.3 Å². The summed E-state index contributed by atoms with van der Waals surface area (Å²) in [5.41, 5.74) is 4.93. The number of nitrogens with two attached hydrogens (primary N) is 1. The van der Waals surface area contributed by atoms with Gasteiger partial charge in [0.2, 0.25) is 11.8 Å². The predicted molar refractivity (Wildman–Crippen MR) is 60.9 cm³/mol. The van der Waals surface area contributed by atoms with E-state index in [-0.39, 0.29) is 18.7 Å². The second-order valence-corrected chi connectivity index (χ2v) is 3.44. The Kier molecular flexibility index (Phi) is 4.79. The van der Waals surface area contributed by atoms with E-state index < -0.39 is 23.5 Å². The molecule has 18 heavy (non-hydrogen) atoms. The van der Waals surface area contributed by atoms with Crippen molar-refractivity contribution in [3.63, 3.8) is 0 Å². The van der Waals surface area contributed by atoms with Gasteiger partial charge in [0.15, 0.2) is 0 Å². The van der Waals surface area contributed by atoms with E-state index in [1.54, 1.807) is 0 Å². The topological polar surface area (TPSA) is 101 Å². The van der Waals surface area contributed by atoms with Gasteiger partial charge < -0.3 is 16.4 Å². The molecule has 1 aromatic carbocycles. The molecule has 96 valence electrons. The molecule has 0 heterocycles. The summed E-state index contributed by atoms with van der Waals surface area (Å²) in [6.07, 6.45) is 0. The average Bonchev–Trinajstić information content (AvgIpc) is 2.33. The van der Waals surface area contributed by atoms with E-state index in [0.717, 1.165) is 6.07 Å². The van der Waals surface area contributed by atoms with E-state index in [2.05, 4.69) is 10.6 Å². The lowest BCUT2D eigenvalue weighted by Gasteiger charge is -2.05. The van der Waals surface area contributed by atoms with Crippen molar-refractivity contribution < 1.29 is 18.8 Å². The Morgan fingerprint density at radius 3 is 2.50 bits per heavy atom. The van der Waals surface area contributed by atoms with E-state index >= 15 is 0 Å². The largest absolute Gasteiger partial charge is 0.368 e. The van der Waals surface area contributed by atoms with E-state index in [9.17, 15) is 18.8 Å². The van der Waals surface area contributed by atoms with Crippen LogP contribution in [-0.4, -0.2) is 30.8 Å². The molecule has 0 bridgehead atoms. The van der Waals surface area contributed by atoms with Crippen LogP contribution >= 0.6 is 0 Å². The maximum Gasteiger partial charge on any atom is 0.251 e. The Morgan fingerprint density at radius 2 is 1.89 bits per heavy atom. The van der Waals surface area contributed by atoms with Gasteiger partial charge in [-0.2, -0.15) is 0 Å². The van der Waals surface area contributed by atoms with Crippen LogP contribution in [0.4, 0.5) is 4.39 Å². The molecule has 0 saturated carbocycles. The van der Waals surface area contributed by atoms with Crippen LogP contribution in [0.5, 0.6) is 0 Å². The summed E-state index contributed by atoms with van der Waals surface area (Å²) in [5, 5.41) is 4.48. The Labute approximate surface area is 102 Å². The quantitative estimate of drug-likeness (QED) is 0.637. The highest BCUT2D eigenvalue weighted by atomic mass is 19.1. The van der Waals surface area contributed by atoms with E-state index in [1.807, 2.05) is 0 Å². The monoisotopic (exact) mass is 253 g/mol. The second-order valence-electron chi connectivity index (χ2n) is 3.44. The van der Waals surface area contributed by atoms with Crippen molar-refractivity contribution >= 4 is 17.7 Å². The minimum atomic E-state index is -0.681. The molecule has 0 fully saturated rings. The van der Waals surface area contributed by atoms with E-state index in [1.165, 1.54) is 18.2 Å². The number of nitrogens with one attached hydrogen (secondary N) is 2. The molecule has 0 aliphatic heterocycles. The number of amides is 3. The molecule has 7 heteroatoms. The lowest BCUT2D eigenvalue weighted by atomic mass is 10.2. The molecule has 4 N–H and O–H groups in total. The summed E-state index contributed by atoms with van der Waals surface area (Å²) in [6, 6.07) is 5.06. The van der Waals surface area contributed by atoms with Crippen molar-refractivity contribution in [2.45, 2.75) is 0 Å². The number of carbonyl (C=O) groups excluding carboxylic acids is 3. The molecule has 0 radical (unpaired) electrons. The predicted octanol–water partition coefficient (Wildman–Crippen LogP) is -0.843. The van der Waals surface area contributed by atoms with Crippen LogP contribution in [0.3, 0.4) is 0 Å². The smallest absolute Gasteiger partial charge is 0.251 e. The molecule has 0 aromatic heterocycles. The van der Waals surface area contributed by atoms with Crippen LogP contribution in [0, 0.1) is 5.82 Å². The Bertz CT molecular complexity index is 476. The molecule has 0 aliphatic carbocycles. The van der Waals surface area contributed by atoms with Gasteiger partial charge in [-0.3, -0.25) is 14.4 Å². The van der Waals surface area contributed by atoms with Gasteiger partial charge in [0.1, 0.15) is 5.82 Å². The van der Waals surface area contributed by atoms with Crippen molar-refractivity contribution in [1.29, 1.82) is 0 Å². The summed E-state index contributed by atoms with van der Waals surface area (Å²) in [6.45, 7) is -0.614. The van der Waals surface area contributed by atoms with Crippen LogP contribution in [-0.2, 0) is 9.59 Å². The lowest BCUT2D eigenvalue weighted by molar-refractivity contribution is -0.124. The fourth-order valence-electron chi connectivity index (χ4n) is 1.14. The first-order valence-electron chi connectivity index (χ1n) is 5.08. The van der Waals surface area contributed by atoms with Crippen LogP contribution in [0.1, 0.15) is 10.4 Å². The number of primary amides is 1. The SMILES string of the molecule is NC(=O)CNC(=O)CNC(=O)c1cccc(F)c1. The molecule has 0 spiro atoms. The number of rotatable bonds is 5. The highest BCUT2D eigenvalue weighted by molar-refractivity contribution is 5.96. The van der Waals surface area contributed by atoms with Crippen molar-refractivity contribution in [2.24, 2.45) is 5.73 Å². The van der Waals surface area contributed by atoms with Crippen LogP contribution in [0.2, 0.25) is 0 Å². The third-order valence-electron chi connectivity index (χ3n) is 1.96. The van der Waals surface area contributed by atoms with Crippen LogP contribution < -0.4 is 16.4 Å². The molecular formula is C11H12FN3O3. The minimum Gasteiger partial charge on any atom is -0.368 e. The Hall–Kier alpha value is -2.44. The minimum absolute atomic E-state index is 0.109. The Balaban J connectivity index is 2.42. The molecule has 0 aliphatic rings. The summed E-state index contributed by atoms with van der Waals surface area (Å²) in [4.78, 5) is 33.0. The highest BCUT2D eigenvalue weighted by Crippen LogP contribution is 2.02. The fourth-order valence-corrected chi connectivity index (χ4v) is 1.14. The van der Waals surface area contributed by atoms with Gasteiger partial charge in [0.05, 0.1) is 13.1 Å². The third kappa shape index (κ3) is 4.60. The first kappa shape index (κ1) is 13.6. The molecule has 0 saturated heterocycles. The first-order valence-corrected chi connectivity index (χ1v) is 5.08. The third-order valence-corrected chi connectivity index (χ3v) is 1.96. The zero-order valence-corrected chi connectivity index (χ0v) is 9.40. The van der Waals surface area contributed by atoms with Gasteiger partial charge in [-0.1, -0.05) is 6.07 Å². The zero-order chi connectivity index (χ0) is 13.5. The van der Waals surface area contributed by atoms with Crippen molar-refractivity contribution in [1.82, 2.24) is 10.6 Å². The normalized spacial score (nSPS) is 9.61. The maximum absolute atomic E-state index is 12.8. The molecule has 1 rings (SSSR count). The van der Waals surface area contributed by atoms with Crippen molar-refractivity contribution in [3.8, 4) is 0 Å². The summed E-state index contributed by atoms with van der Waals surface area (Å²) in [5.74, 6) is -2.36. The molecule has 1 aromatic rings. The standard InChI is InChI=1S/C11H12FN3O3/c12-8-3-1-2-7(4-8)11(18)15-6-10(17)14-5-9(13)16/h1-4H,5-6H2,(H2,13,16)(H,14,17)(H,15,18). The number of hydrogen-bond acceptors (Lipinski definition) is 3. The number of benzene rings is 1. The van der Waals surface area contributed by atoms with Gasteiger partial charge in [0, 0.05) is 5.56 Å². The van der Waals surface area contributed by atoms with Crippen LogP contribution in [0.25, 0.3) is 0 Å². The average molecular weight is 253 g/mol. The van der Waals surface area contributed by atoms with Gasteiger partial charge in [-0.25, -0.2) is 4.39 Å². The molecule has 0 atom stereocenters. The van der Waals surface area contributed by atoms with E-state index in [0.29, 0.717) is 0 Å². The highest BCUT2D eigenvalue weighted by Gasteiger charge is 2.08. The van der Waals surface area contributed by atoms with Crippen molar-refractivity contribution in [3.05, 3.63) is 35.6 Å². The molecule has 0 unspecified atom stereocenters. The molecular weight excluding hydrogens is 241 g/mol. The number of carbonyl (C=O) groups is 3. The Morgan fingerprint density at radius 1 is 1.17 bits per heavy atom. The van der Waals surface area contributed by atoms with Gasteiger partial charge >= 0.3 is 0 Å². The van der Waals surface area contributed by atoms with E-state index in [4.69, 9.17) is 5.73 Å². The first-order chi connectivity index (χ1) is 8.49. The molecule has 3 amide bonds. The zero-order valence-electron chi connectivity index (χ0n) is 9.40. The number of halogens is 1. The van der Waals surface area contributed by atoms with Gasteiger partial charge in [-0.15, -0.1) is 0 Å². The van der Waals surface area contributed by atoms with Gasteiger partial charge in [0.25, 0.3) is 5.91 Å². The summed E-state index contributed by atoms with van der Waals surface area (Å²) < 4.78 is 12.8. The summed E-state index contributed by atoms with van der Waals surface area (Å²) in [7, 11) is 0. The van der Waals surface area contributed by atoms with Crippen molar-refractivity contribution in [2.75, 3.05) is 13.1 Å². The summed E-state index contributed by atoms with van der Waals surface area (Å²) >= 11 is 0. The second kappa shape index (κ2) is 6.33. The molecule has 6 nitrogen and oxygen atoms in total. The number of hydrogen-bond donors (Lipinski definition) is 3. The van der Waals surface area contributed by atoms with Gasteiger partial charge in [-0.05, 0) is 18.2 Å². The fraction of sp³-hybridized carbons (Fsp3) is 0.182.